The van der Waals surface area contributed by atoms with E-state index in [-0.39, 0.29) is 26.6 Å². The number of hydrogen-bond acceptors (Lipinski definition) is 5. The third-order valence-electron chi connectivity index (χ3n) is 4.26. The lowest BCUT2D eigenvalue weighted by Crippen LogP contribution is -2.13. The minimum Gasteiger partial charge on any atom is -0.368 e. The Hall–Kier alpha value is -2.94. The minimum atomic E-state index is -4.09. The number of hydrogen-bond donors (Lipinski definition) is 2. The molecule has 0 spiro atoms. The second-order valence-corrected chi connectivity index (χ2v) is 8.91. The SMILES string of the molecule is Nc1ncc2cc(-c3cc(F)cc(NS(=O)(=O)c4cc(Cl)ccc4Cl)c3)ccc2n1. The van der Waals surface area contributed by atoms with Crippen molar-refractivity contribution < 1.29 is 12.8 Å². The summed E-state index contributed by atoms with van der Waals surface area (Å²) < 4.78 is 42.1. The summed E-state index contributed by atoms with van der Waals surface area (Å²) in [4.78, 5) is 7.87. The van der Waals surface area contributed by atoms with Crippen molar-refractivity contribution in [3.8, 4) is 11.1 Å². The fourth-order valence-electron chi connectivity index (χ4n) is 2.94. The number of fused-ring (bicyclic) bond motifs is 1. The molecule has 30 heavy (non-hydrogen) atoms. The van der Waals surface area contributed by atoms with Crippen LogP contribution in [0, 0.1) is 5.82 Å². The van der Waals surface area contributed by atoms with E-state index in [2.05, 4.69) is 14.7 Å². The van der Waals surface area contributed by atoms with Crippen LogP contribution in [0.2, 0.25) is 10.0 Å². The van der Waals surface area contributed by atoms with Crippen molar-refractivity contribution in [3.63, 3.8) is 0 Å². The van der Waals surface area contributed by atoms with Crippen molar-refractivity contribution in [2.24, 2.45) is 0 Å². The molecular weight excluding hydrogens is 450 g/mol. The van der Waals surface area contributed by atoms with Crippen molar-refractivity contribution >= 4 is 55.8 Å². The molecule has 0 aliphatic carbocycles. The summed E-state index contributed by atoms with van der Waals surface area (Å²) in [7, 11) is -4.09. The van der Waals surface area contributed by atoms with E-state index in [0.717, 1.165) is 6.07 Å². The Labute approximate surface area is 181 Å². The first-order valence-electron chi connectivity index (χ1n) is 8.52. The molecule has 4 rings (SSSR count). The van der Waals surface area contributed by atoms with E-state index in [1.807, 2.05) is 0 Å². The van der Waals surface area contributed by atoms with Gasteiger partial charge in [0.2, 0.25) is 5.95 Å². The van der Waals surface area contributed by atoms with Crippen LogP contribution < -0.4 is 10.5 Å². The zero-order valence-electron chi connectivity index (χ0n) is 15.1. The van der Waals surface area contributed by atoms with Crippen LogP contribution >= 0.6 is 23.2 Å². The average molecular weight is 463 g/mol. The molecule has 4 aromatic rings. The molecule has 0 amide bonds. The number of aromatic nitrogens is 2. The topological polar surface area (TPSA) is 98.0 Å². The van der Waals surface area contributed by atoms with Crippen LogP contribution in [-0.4, -0.2) is 18.4 Å². The average Bonchev–Trinajstić information content (AvgIpc) is 2.68. The molecule has 1 aromatic heterocycles. The number of benzene rings is 3. The Bertz CT molecular complexity index is 1400. The van der Waals surface area contributed by atoms with Gasteiger partial charge < -0.3 is 5.73 Å². The molecule has 0 unspecified atom stereocenters. The molecule has 152 valence electrons. The van der Waals surface area contributed by atoms with Crippen LogP contribution in [0.1, 0.15) is 0 Å². The highest BCUT2D eigenvalue weighted by molar-refractivity contribution is 7.92. The number of nitrogen functional groups attached to an aromatic ring is 1. The number of nitrogens with two attached hydrogens (primary N) is 1. The van der Waals surface area contributed by atoms with Crippen molar-refractivity contribution in [1.29, 1.82) is 0 Å². The van der Waals surface area contributed by atoms with Crippen molar-refractivity contribution in [1.82, 2.24) is 9.97 Å². The van der Waals surface area contributed by atoms with Crippen LogP contribution in [0.15, 0.2) is 65.7 Å². The molecule has 0 saturated heterocycles. The molecule has 3 aromatic carbocycles. The first kappa shape index (κ1) is 20.3. The number of halogens is 3. The van der Waals surface area contributed by atoms with Gasteiger partial charge in [0.1, 0.15) is 10.7 Å². The van der Waals surface area contributed by atoms with Crippen LogP contribution in [0.3, 0.4) is 0 Å². The Balaban J connectivity index is 1.73. The fourth-order valence-corrected chi connectivity index (χ4v) is 4.74. The third kappa shape index (κ3) is 4.16. The lowest BCUT2D eigenvalue weighted by molar-refractivity contribution is 0.601. The van der Waals surface area contributed by atoms with E-state index in [1.165, 1.54) is 30.3 Å². The monoisotopic (exact) mass is 462 g/mol. The van der Waals surface area contributed by atoms with Gasteiger partial charge in [0.05, 0.1) is 16.2 Å². The quantitative estimate of drug-likeness (QED) is 0.438. The third-order valence-corrected chi connectivity index (χ3v) is 6.36. The van der Waals surface area contributed by atoms with E-state index in [9.17, 15) is 12.8 Å². The van der Waals surface area contributed by atoms with Gasteiger partial charge in [-0.2, -0.15) is 0 Å². The molecule has 0 fully saturated rings. The van der Waals surface area contributed by atoms with Gasteiger partial charge >= 0.3 is 0 Å². The highest BCUT2D eigenvalue weighted by Gasteiger charge is 2.19. The molecule has 6 nitrogen and oxygen atoms in total. The first-order chi connectivity index (χ1) is 14.2. The summed E-state index contributed by atoms with van der Waals surface area (Å²) in [6, 6.07) is 13.2. The Morgan fingerprint density at radius 2 is 1.77 bits per heavy atom. The summed E-state index contributed by atoms with van der Waals surface area (Å²) in [6.07, 6.45) is 1.56. The number of anilines is 2. The maximum atomic E-state index is 14.3. The number of rotatable bonds is 4. The zero-order chi connectivity index (χ0) is 21.5. The molecule has 0 aliphatic heterocycles. The van der Waals surface area contributed by atoms with Gasteiger partial charge in [-0.25, -0.2) is 22.8 Å². The Morgan fingerprint density at radius 3 is 2.57 bits per heavy atom. The molecule has 0 atom stereocenters. The lowest BCUT2D eigenvalue weighted by atomic mass is 10.0. The van der Waals surface area contributed by atoms with Crippen LogP contribution in [0.25, 0.3) is 22.0 Å². The first-order valence-corrected chi connectivity index (χ1v) is 10.8. The normalized spacial score (nSPS) is 11.6. The molecule has 10 heteroatoms. The van der Waals surface area contributed by atoms with Gasteiger partial charge in [-0.3, -0.25) is 4.72 Å². The van der Waals surface area contributed by atoms with Crippen molar-refractivity contribution in [2.45, 2.75) is 4.90 Å². The summed E-state index contributed by atoms with van der Waals surface area (Å²) in [6.45, 7) is 0. The molecule has 3 N–H and O–H groups in total. The van der Waals surface area contributed by atoms with E-state index in [0.29, 0.717) is 22.0 Å². The predicted octanol–water partition coefficient (Wildman–Crippen LogP) is 5.13. The molecule has 1 heterocycles. The summed E-state index contributed by atoms with van der Waals surface area (Å²) in [5, 5.41) is 0.912. The molecule has 0 aliphatic rings. The summed E-state index contributed by atoms with van der Waals surface area (Å²) >= 11 is 11.9. The van der Waals surface area contributed by atoms with Crippen molar-refractivity contribution in [2.75, 3.05) is 10.5 Å². The maximum absolute atomic E-state index is 14.3. The molecule has 0 radical (unpaired) electrons. The van der Waals surface area contributed by atoms with Crippen LogP contribution in [0.5, 0.6) is 0 Å². The van der Waals surface area contributed by atoms with Gasteiger partial charge in [-0.15, -0.1) is 0 Å². The number of sulfonamides is 1. The zero-order valence-corrected chi connectivity index (χ0v) is 17.4. The van der Waals surface area contributed by atoms with Gasteiger partial charge in [0.25, 0.3) is 10.0 Å². The summed E-state index contributed by atoms with van der Waals surface area (Å²) in [5.74, 6) is -0.464. The van der Waals surface area contributed by atoms with E-state index in [1.54, 1.807) is 24.4 Å². The second kappa shape index (κ2) is 7.71. The van der Waals surface area contributed by atoms with E-state index < -0.39 is 15.8 Å². The fraction of sp³-hybridized carbons (Fsp3) is 0. The smallest absolute Gasteiger partial charge is 0.263 e. The standard InChI is InChI=1S/C20H13Cl2FN4O2S/c21-14-2-3-17(22)19(8-14)30(28,29)27-16-7-12(6-15(23)9-16)11-1-4-18-13(5-11)10-25-20(24)26-18/h1-10,27H,(H2,24,25,26). The number of nitrogens with one attached hydrogen (secondary N) is 1. The lowest BCUT2D eigenvalue weighted by Gasteiger charge is -2.12. The second-order valence-electron chi connectivity index (χ2n) is 6.41. The van der Waals surface area contributed by atoms with Crippen molar-refractivity contribution in [3.05, 3.63) is 76.7 Å². The molecular formula is C20H13Cl2FN4O2S. The van der Waals surface area contributed by atoms with Gasteiger partial charge in [-0.05, 0) is 59.7 Å². The minimum absolute atomic E-state index is 0.00247. The van der Waals surface area contributed by atoms with E-state index >= 15 is 0 Å². The van der Waals surface area contributed by atoms with Gasteiger partial charge in [-0.1, -0.05) is 29.3 Å². The summed E-state index contributed by atoms with van der Waals surface area (Å²) in [5.41, 5.74) is 7.37. The van der Waals surface area contributed by atoms with Gasteiger partial charge in [0, 0.05) is 16.6 Å². The van der Waals surface area contributed by atoms with Crippen LogP contribution in [0.4, 0.5) is 16.0 Å². The largest absolute Gasteiger partial charge is 0.368 e. The Morgan fingerprint density at radius 1 is 0.967 bits per heavy atom. The highest BCUT2D eigenvalue weighted by atomic mass is 35.5. The van der Waals surface area contributed by atoms with Gasteiger partial charge in [0.15, 0.2) is 0 Å². The molecule has 0 bridgehead atoms. The van der Waals surface area contributed by atoms with E-state index in [4.69, 9.17) is 28.9 Å². The number of nitrogens with zero attached hydrogens (tertiary/aromatic N) is 2. The molecule has 0 saturated carbocycles. The van der Waals surface area contributed by atoms with Crippen LogP contribution in [-0.2, 0) is 10.0 Å². The maximum Gasteiger partial charge on any atom is 0.263 e. The predicted molar refractivity (Wildman–Crippen MR) is 117 cm³/mol. The highest BCUT2D eigenvalue weighted by Crippen LogP contribution is 2.30. The Kier molecular flexibility index (Phi) is 5.23.